The standard InChI is InChI=1S/C13H15N5O2/c1-18-12(15-16-17-18)9-4-2-5-10(8-9)14-13(19)11-6-3-7-20-11/h2,4-5,8,11H,3,6-7H2,1H3,(H,14,19)/t11-/m1/s1. The summed E-state index contributed by atoms with van der Waals surface area (Å²) in [6.45, 7) is 0.655. The summed E-state index contributed by atoms with van der Waals surface area (Å²) in [5.41, 5.74) is 1.56. The Morgan fingerprint density at radius 1 is 1.50 bits per heavy atom. The highest BCUT2D eigenvalue weighted by Gasteiger charge is 2.23. The summed E-state index contributed by atoms with van der Waals surface area (Å²) in [4.78, 5) is 12.0. The van der Waals surface area contributed by atoms with Gasteiger partial charge in [0.15, 0.2) is 5.82 Å². The fourth-order valence-electron chi connectivity index (χ4n) is 2.22. The maximum Gasteiger partial charge on any atom is 0.253 e. The number of aryl methyl sites for hydroxylation is 1. The number of ether oxygens (including phenoxy) is 1. The number of carbonyl (C=O) groups is 1. The number of carbonyl (C=O) groups excluding carboxylic acids is 1. The van der Waals surface area contributed by atoms with E-state index in [4.69, 9.17) is 4.74 Å². The van der Waals surface area contributed by atoms with Gasteiger partial charge in [0.05, 0.1) is 0 Å². The van der Waals surface area contributed by atoms with Crippen LogP contribution in [0.1, 0.15) is 12.8 Å². The van der Waals surface area contributed by atoms with Crippen LogP contribution in [0.4, 0.5) is 5.69 Å². The van der Waals surface area contributed by atoms with Gasteiger partial charge in [-0.3, -0.25) is 4.79 Å². The second-order valence-electron chi connectivity index (χ2n) is 4.70. The van der Waals surface area contributed by atoms with Crippen LogP contribution in [0.3, 0.4) is 0 Å². The molecule has 0 unspecified atom stereocenters. The molecule has 1 atom stereocenters. The zero-order valence-electron chi connectivity index (χ0n) is 11.1. The zero-order chi connectivity index (χ0) is 13.9. The van der Waals surface area contributed by atoms with Crippen LogP contribution in [0.5, 0.6) is 0 Å². The summed E-state index contributed by atoms with van der Waals surface area (Å²) >= 11 is 0. The van der Waals surface area contributed by atoms with Crippen molar-refractivity contribution in [2.75, 3.05) is 11.9 Å². The van der Waals surface area contributed by atoms with Gasteiger partial charge in [-0.25, -0.2) is 4.68 Å². The van der Waals surface area contributed by atoms with Crippen LogP contribution in [0, 0.1) is 0 Å². The average molecular weight is 273 g/mol. The normalized spacial score (nSPS) is 18.1. The first kappa shape index (κ1) is 12.7. The lowest BCUT2D eigenvalue weighted by Crippen LogP contribution is -2.26. The van der Waals surface area contributed by atoms with E-state index in [0.29, 0.717) is 18.1 Å². The van der Waals surface area contributed by atoms with Crippen molar-refractivity contribution in [2.24, 2.45) is 7.05 Å². The molecule has 1 fully saturated rings. The first-order valence-electron chi connectivity index (χ1n) is 6.49. The molecule has 1 N–H and O–H groups in total. The first-order valence-corrected chi connectivity index (χ1v) is 6.49. The minimum absolute atomic E-state index is 0.101. The molecular formula is C13H15N5O2. The van der Waals surface area contributed by atoms with Crippen LogP contribution in [0.15, 0.2) is 24.3 Å². The monoisotopic (exact) mass is 273 g/mol. The maximum atomic E-state index is 12.0. The van der Waals surface area contributed by atoms with E-state index in [2.05, 4.69) is 20.8 Å². The summed E-state index contributed by atoms with van der Waals surface area (Å²) < 4.78 is 6.94. The molecule has 20 heavy (non-hydrogen) atoms. The topological polar surface area (TPSA) is 81.9 Å². The second-order valence-corrected chi connectivity index (χ2v) is 4.70. The Morgan fingerprint density at radius 3 is 3.10 bits per heavy atom. The van der Waals surface area contributed by atoms with Crippen molar-refractivity contribution in [2.45, 2.75) is 18.9 Å². The highest BCUT2D eigenvalue weighted by molar-refractivity contribution is 5.94. The highest BCUT2D eigenvalue weighted by atomic mass is 16.5. The largest absolute Gasteiger partial charge is 0.368 e. The molecule has 0 spiro atoms. The molecule has 1 aliphatic rings. The van der Waals surface area contributed by atoms with Gasteiger partial charge in [0.1, 0.15) is 6.10 Å². The molecule has 0 bridgehead atoms. The Balaban J connectivity index is 1.78. The quantitative estimate of drug-likeness (QED) is 0.902. The molecule has 1 amide bonds. The predicted molar refractivity (Wildman–Crippen MR) is 71.8 cm³/mol. The molecule has 1 saturated heterocycles. The van der Waals surface area contributed by atoms with Gasteiger partial charge in [-0.05, 0) is 35.4 Å². The van der Waals surface area contributed by atoms with E-state index in [1.165, 1.54) is 0 Å². The number of amides is 1. The van der Waals surface area contributed by atoms with E-state index in [1.54, 1.807) is 11.7 Å². The van der Waals surface area contributed by atoms with Gasteiger partial charge in [-0.2, -0.15) is 0 Å². The number of anilines is 1. The number of hydrogen-bond acceptors (Lipinski definition) is 5. The van der Waals surface area contributed by atoms with E-state index in [-0.39, 0.29) is 12.0 Å². The number of tetrazole rings is 1. The van der Waals surface area contributed by atoms with Crippen molar-refractivity contribution in [3.05, 3.63) is 24.3 Å². The number of nitrogens with one attached hydrogen (secondary N) is 1. The Kier molecular flexibility index (Phi) is 3.42. The third-order valence-corrected chi connectivity index (χ3v) is 3.23. The summed E-state index contributed by atoms with van der Waals surface area (Å²) in [6, 6.07) is 7.43. The Bertz CT molecular complexity index is 619. The third kappa shape index (κ3) is 2.53. The van der Waals surface area contributed by atoms with E-state index in [0.717, 1.165) is 18.4 Å². The molecule has 1 aromatic carbocycles. The van der Waals surface area contributed by atoms with Gasteiger partial charge < -0.3 is 10.1 Å². The van der Waals surface area contributed by atoms with Gasteiger partial charge in [-0.1, -0.05) is 12.1 Å². The van der Waals surface area contributed by atoms with Crippen molar-refractivity contribution in [1.82, 2.24) is 20.2 Å². The molecule has 2 aromatic rings. The fraction of sp³-hybridized carbons (Fsp3) is 0.385. The molecule has 7 nitrogen and oxygen atoms in total. The first-order chi connectivity index (χ1) is 9.74. The zero-order valence-corrected chi connectivity index (χ0v) is 11.1. The smallest absolute Gasteiger partial charge is 0.253 e. The Labute approximate surface area is 115 Å². The van der Waals surface area contributed by atoms with Gasteiger partial charge in [-0.15, -0.1) is 5.10 Å². The second kappa shape index (κ2) is 5.38. The van der Waals surface area contributed by atoms with Gasteiger partial charge in [0.2, 0.25) is 0 Å². The maximum absolute atomic E-state index is 12.0. The summed E-state index contributed by atoms with van der Waals surface area (Å²) in [7, 11) is 1.77. The van der Waals surface area contributed by atoms with Crippen LogP contribution in [-0.2, 0) is 16.6 Å². The third-order valence-electron chi connectivity index (χ3n) is 3.23. The number of hydrogen-bond donors (Lipinski definition) is 1. The highest BCUT2D eigenvalue weighted by Crippen LogP contribution is 2.21. The van der Waals surface area contributed by atoms with E-state index in [9.17, 15) is 4.79 Å². The van der Waals surface area contributed by atoms with Gasteiger partial charge in [0, 0.05) is 24.9 Å². The van der Waals surface area contributed by atoms with E-state index in [1.807, 2.05) is 24.3 Å². The molecule has 3 rings (SSSR count). The van der Waals surface area contributed by atoms with Crippen LogP contribution < -0.4 is 5.32 Å². The number of rotatable bonds is 3. The Hall–Kier alpha value is -2.28. The summed E-state index contributed by atoms with van der Waals surface area (Å²) in [6.07, 6.45) is 1.37. The number of aromatic nitrogens is 4. The Morgan fingerprint density at radius 2 is 2.40 bits per heavy atom. The minimum atomic E-state index is -0.338. The number of benzene rings is 1. The molecule has 1 aliphatic heterocycles. The van der Waals surface area contributed by atoms with Crippen molar-refractivity contribution in [3.63, 3.8) is 0 Å². The molecule has 2 heterocycles. The van der Waals surface area contributed by atoms with Crippen LogP contribution in [0.25, 0.3) is 11.4 Å². The molecule has 0 aliphatic carbocycles. The fourth-order valence-corrected chi connectivity index (χ4v) is 2.22. The van der Waals surface area contributed by atoms with Crippen LogP contribution in [-0.4, -0.2) is 38.8 Å². The van der Waals surface area contributed by atoms with Crippen LogP contribution in [0.2, 0.25) is 0 Å². The lowest BCUT2D eigenvalue weighted by molar-refractivity contribution is -0.124. The van der Waals surface area contributed by atoms with Crippen molar-refractivity contribution in [3.8, 4) is 11.4 Å². The molecular weight excluding hydrogens is 258 g/mol. The van der Waals surface area contributed by atoms with E-state index < -0.39 is 0 Å². The average Bonchev–Trinajstić information content (AvgIpc) is 3.10. The minimum Gasteiger partial charge on any atom is -0.368 e. The van der Waals surface area contributed by atoms with E-state index >= 15 is 0 Å². The number of nitrogens with zero attached hydrogens (tertiary/aromatic N) is 4. The van der Waals surface area contributed by atoms with Crippen molar-refractivity contribution in [1.29, 1.82) is 0 Å². The molecule has 1 aromatic heterocycles. The molecule has 7 heteroatoms. The lowest BCUT2D eigenvalue weighted by atomic mass is 10.1. The van der Waals surface area contributed by atoms with Gasteiger partial charge in [0.25, 0.3) is 5.91 Å². The SMILES string of the molecule is Cn1nnnc1-c1cccc(NC(=O)[C@H]2CCCO2)c1. The molecule has 0 saturated carbocycles. The van der Waals surface area contributed by atoms with Gasteiger partial charge >= 0.3 is 0 Å². The van der Waals surface area contributed by atoms with Crippen molar-refractivity contribution < 1.29 is 9.53 Å². The summed E-state index contributed by atoms with van der Waals surface area (Å²) in [5.74, 6) is 0.550. The van der Waals surface area contributed by atoms with Crippen molar-refractivity contribution >= 4 is 11.6 Å². The van der Waals surface area contributed by atoms with Crippen LogP contribution >= 0.6 is 0 Å². The molecule has 0 radical (unpaired) electrons. The summed E-state index contributed by atoms with van der Waals surface area (Å²) in [5, 5.41) is 14.2. The molecule has 104 valence electrons. The predicted octanol–water partition coefficient (Wildman–Crippen LogP) is 0.995. The lowest BCUT2D eigenvalue weighted by Gasteiger charge is -2.11.